The average molecular weight is 353 g/mol. The fourth-order valence-electron chi connectivity index (χ4n) is 3.07. The lowest BCUT2D eigenvalue weighted by Gasteiger charge is -2.26. The van der Waals surface area contributed by atoms with Crippen LogP contribution in [0.2, 0.25) is 0 Å². The molecule has 0 atom stereocenters. The van der Waals surface area contributed by atoms with E-state index >= 15 is 0 Å². The summed E-state index contributed by atoms with van der Waals surface area (Å²) < 4.78 is 11.3. The summed E-state index contributed by atoms with van der Waals surface area (Å²) >= 11 is 0. The van der Waals surface area contributed by atoms with Gasteiger partial charge in [0, 0.05) is 11.1 Å². The van der Waals surface area contributed by atoms with E-state index in [1.807, 2.05) is 12.1 Å². The van der Waals surface area contributed by atoms with Crippen LogP contribution in [0.4, 0.5) is 5.69 Å². The smallest absolute Gasteiger partial charge is 0.193 e. The summed E-state index contributed by atoms with van der Waals surface area (Å²) in [7, 11) is 0. The second-order valence-corrected chi connectivity index (χ2v) is 7.45. The number of nitrogens with two attached hydrogens (primary N) is 1. The van der Waals surface area contributed by atoms with Gasteiger partial charge < -0.3 is 20.5 Å². The molecule has 0 bridgehead atoms. The first-order chi connectivity index (χ1) is 12.3. The predicted molar refractivity (Wildman–Crippen MR) is 106 cm³/mol. The molecule has 2 aromatic rings. The van der Waals surface area contributed by atoms with Crippen molar-refractivity contribution in [1.29, 1.82) is 0 Å². The number of nitrogens with one attached hydrogen (secondary N) is 1. The molecule has 138 valence electrons. The minimum Gasteiger partial charge on any atom is -0.486 e. The minimum atomic E-state index is -0.176. The van der Waals surface area contributed by atoms with E-state index < -0.39 is 0 Å². The summed E-state index contributed by atoms with van der Waals surface area (Å²) in [6.07, 6.45) is 0. The molecule has 0 unspecified atom stereocenters. The van der Waals surface area contributed by atoms with Crippen LogP contribution in [0.15, 0.2) is 41.4 Å². The molecular formula is C21H27N3O2. The summed E-state index contributed by atoms with van der Waals surface area (Å²) in [5.74, 6) is 2.02. The molecule has 1 aliphatic heterocycles. The van der Waals surface area contributed by atoms with Crippen molar-refractivity contribution in [2.24, 2.45) is 10.7 Å². The maximum atomic E-state index is 6.10. The van der Waals surface area contributed by atoms with E-state index in [2.05, 4.69) is 62.3 Å². The van der Waals surface area contributed by atoms with Gasteiger partial charge in [-0.2, -0.15) is 0 Å². The monoisotopic (exact) mass is 353 g/mol. The number of aliphatic imine (C=N–C) groups is 1. The molecule has 0 saturated heterocycles. The molecule has 0 fully saturated rings. The molecule has 1 aliphatic rings. The van der Waals surface area contributed by atoms with Crippen molar-refractivity contribution in [3.05, 3.63) is 53.1 Å². The Hall–Kier alpha value is -2.69. The molecular weight excluding hydrogens is 326 g/mol. The summed E-state index contributed by atoms with van der Waals surface area (Å²) in [5, 5.41) is 3.18. The molecule has 2 aromatic carbocycles. The van der Waals surface area contributed by atoms with Gasteiger partial charge in [-0.05, 0) is 54.8 Å². The zero-order valence-electron chi connectivity index (χ0n) is 15.9. The Morgan fingerprint density at radius 1 is 1.04 bits per heavy atom. The Balaban J connectivity index is 1.71. The molecule has 0 radical (unpaired) electrons. The van der Waals surface area contributed by atoms with E-state index in [1.54, 1.807) is 0 Å². The molecule has 0 spiro atoms. The summed E-state index contributed by atoms with van der Waals surface area (Å²) in [5.41, 5.74) is 10.4. The zero-order chi connectivity index (χ0) is 18.7. The molecule has 1 heterocycles. The lowest BCUT2D eigenvalue weighted by atomic mass is 9.84. The molecule has 3 N–H and O–H groups in total. The van der Waals surface area contributed by atoms with Crippen LogP contribution in [0.25, 0.3) is 0 Å². The molecule has 0 saturated carbocycles. The van der Waals surface area contributed by atoms with Crippen molar-refractivity contribution in [2.45, 2.75) is 33.1 Å². The number of fused-ring (bicyclic) bond motifs is 1. The molecule has 3 rings (SSSR count). The van der Waals surface area contributed by atoms with Crippen molar-refractivity contribution >= 4 is 11.6 Å². The molecule has 5 nitrogen and oxygen atoms in total. The highest BCUT2D eigenvalue weighted by atomic mass is 16.6. The van der Waals surface area contributed by atoms with Crippen molar-refractivity contribution in [2.75, 3.05) is 25.1 Å². The van der Waals surface area contributed by atoms with Crippen LogP contribution in [0.1, 0.15) is 30.5 Å². The number of nitrogens with zero attached hydrogens (tertiary/aromatic N) is 1. The van der Waals surface area contributed by atoms with E-state index in [4.69, 9.17) is 15.2 Å². The SMILES string of the molecule is Cc1cc(C)cc(NC(N)=NCC(C)(C)c2ccc3c(c2)OCCO3)c1. The van der Waals surface area contributed by atoms with Crippen LogP contribution in [0.5, 0.6) is 11.5 Å². The molecule has 5 heteroatoms. The van der Waals surface area contributed by atoms with Gasteiger partial charge in [0.2, 0.25) is 0 Å². The third kappa shape index (κ3) is 4.28. The normalized spacial score (nSPS) is 14.2. The van der Waals surface area contributed by atoms with E-state index in [1.165, 1.54) is 11.1 Å². The highest BCUT2D eigenvalue weighted by Gasteiger charge is 2.23. The number of aryl methyl sites for hydroxylation is 2. The Morgan fingerprint density at radius 3 is 2.38 bits per heavy atom. The average Bonchev–Trinajstić information content (AvgIpc) is 2.59. The first-order valence-electron chi connectivity index (χ1n) is 8.89. The highest BCUT2D eigenvalue weighted by molar-refractivity contribution is 5.92. The first kappa shape index (κ1) is 18.1. The number of anilines is 1. The maximum absolute atomic E-state index is 6.10. The van der Waals surface area contributed by atoms with E-state index in [0.29, 0.717) is 25.7 Å². The quantitative estimate of drug-likeness (QED) is 0.648. The van der Waals surface area contributed by atoms with Gasteiger partial charge in [0.1, 0.15) is 13.2 Å². The Labute approximate surface area is 155 Å². The van der Waals surface area contributed by atoms with Gasteiger partial charge in [-0.25, -0.2) is 0 Å². The van der Waals surface area contributed by atoms with Crippen LogP contribution in [-0.2, 0) is 5.41 Å². The topological polar surface area (TPSA) is 68.9 Å². The van der Waals surface area contributed by atoms with E-state index in [0.717, 1.165) is 22.7 Å². The molecule has 0 aliphatic carbocycles. The standard InChI is InChI=1S/C21H27N3O2/c1-14-9-15(2)11-17(10-14)24-20(22)23-13-21(3,4)16-5-6-18-19(12-16)26-8-7-25-18/h5-6,9-12H,7-8,13H2,1-4H3,(H3,22,23,24). The first-order valence-corrected chi connectivity index (χ1v) is 8.89. The second-order valence-electron chi connectivity index (χ2n) is 7.45. The summed E-state index contributed by atoms with van der Waals surface area (Å²) in [6.45, 7) is 10.2. The largest absolute Gasteiger partial charge is 0.486 e. The van der Waals surface area contributed by atoms with Gasteiger partial charge in [0.05, 0.1) is 6.54 Å². The van der Waals surface area contributed by atoms with Crippen molar-refractivity contribution in [3.8, 4) is 11.5 Å². The van der Waals surface area contributed by atoms with Crippen LogP contribution < -0.4 is 20.5 Å². The van der Waals surface area contributed by atoms with Crippen LogP contribution in [-0.4, -0.2) is 25.7 Å². The van der Waals surface area contributed by atoms with Gasteiger partial charge in [0.25, 0.3) is 0 Å². The van der Waals surface area contributed by atoms with Gasteiger partial charge in [-0.1, -0.05) is 26.0 Å². The lowest BCUT2D eigenvalue weighted by Crippen LogP contribution is -2.28. The predicted octanol–water partition coefficient (Wildman–Crippen LogP) is 3.78. The third-order valence-electron chi connectivity index (χ3n) is 4.46. The fourth-order valence-corrected chi connectivity index (χ4v) is 3.07. The van der Waals surface area contributed by atoms with Gasteiger partial charge >= 0.3 is 0 Å². The Bertz CT molecular complexity index is 808. The second kappa shape index (κ2) is 7.28. The zero-order valence-corrected chi connectivity index (χ0v) is 15.9. The van der Waals surface area contributed by atoms with Gasteiger partial charge in [-0.15, -0.1) is 0 Å². The van der Waals surface area contributed by atoms with Crippen molar-refractivity contribution in [3.63, 3.8) is 0 Å². The van der Waals surface area contributed by atoms with Gasteiger partial charge in [-0.3, -0.25) is 4.99 Å². The molecule has 0 amide bonds. The Morgan fingerprint density at radius 2 is 1.69 bits per heavy atom. The lowest BCUT2D eigenvalue weighted by molar-refractivity contribution is 0.171. The molecule has 0 aromatic heterocycles. The van der Waals surface area contributed by atoms with Crippen LogP contribution in [0, 0.1) is 13.8 Å². The van der Waals surface area contributed by atoms with Crippen LogP contribution >= 0.6 is 0 Å². The van der Waals surface area contributed by atoms with E-state index in [-0.39, 0.29) is 5.41 Å². The van der Waals surface area contributed by atoms with Crippen molar-refractivity contribution < 1.29 is 9.47 Å². The van der Waals surface area contributed by atoms with E-state index in [9.17, 15) is 0 Å². The number of guanidine groups is 1. The summed E-state index contributed by atoms with van der Waals surface area (Å²) in [6, 6.07) is 12.3. The molecule has 26 heavy (non-hydrogen) atoms. The number of benzene rings is 2. The summed E-state index contributed by atoms with van der Waals surface area (Å²) in [4.78, 5) is 4.55. The highest BCUT2D eigenvalue weighted by Crippen LogP contribution is 2.35. The number of rotatable bonds is 4. The number of ether oxygens (including phenoxy) is 2. The number of hydrogen-bond acceptors (Lipinski definition) is 3. The fraction of sp³-hybridized carbons (Fsp3) is 0.381. The van der Waals surface area contributed by atoms with Gasteiger partial charge in [0.15, 0.2) is 17.5 Å². The van der Waals surface area contributed by atoms with Crippen molar-refractivity contribution in [1.82, 2.24) is 0 Å². The Kier molecular flexibility index (Phi) is 5.07. The minimum absolute atomic E-state index is 0.176. The van der Waals surface area contributed by atoms with Crippen LogP contribution in [0.3, 0.4) is 0 Å². The third-order valence-corrected chi connectivity index (χ3v) is 4.46. The maximum Gasteiger partial charge on any atom is 0.193 e. The number of hydrogen-bond donors (Lipinski definition) is 2.